The lowest BCUT2D eigenvalue weighted by atomic mass is 10.2. The Morgan fingerprint density at radius 2 is 2.00 bits per heavy atom. The normalized spacial score (nSPS) is 20.1. The number of amides is 1. The van der Waals surface area contributed by atoms with E-state index in [1.54, 1.807) is 29.2 Å². The van der Waals surface area contributed by atoms with Gasteiger partial charge in [-0.15, -0.1) is 0 Å². The van der Waals surface area contributed by atoms with Gasteiger partial charge in [-0.1, -0.05) is 35.6 Å². The van der Waals surface area contributed by atoms with Gasteiger partial charge in [0.05, 0.1) is 34.3 Å². The molecule has 7 nitrogen and oxygen atoms in total. The Morgan fingerprint density at radius 3 is 2.70 bits per heavy atom. The number of hydrogen-bond donors (Lipinski definition) is 0. The highest BCUT2D eigenvalue weighted by molar-refractivity contribution is 7.93. The molecule has 33 heavy (non-hydrogen) atoms. The molecule has 0 radical (unpaired) electrons. The molecule has 0 spiro atoms. The highest BCUT2D eigenvalue weighted by Gasteiger charge is 2.28. The molecule has 2 aliphatic rings. The van der Waals surface area contributed by atoms with Crippen LogP contribution in [0.25, 0.3) is 16.3 Å². The summed E-state index contributed by atoms with van der Waals surface area (Å²) in [6, 6.07) is 15.1. The van der Waals surface area contributed by atoms with E-state index >= 15 is 0 Å². The van der Waals surface area contributed by atoms with E-state index < -0.39 is 10.0 Å². The van der Waals surface area contributed by atoms with Crippen molar-refractivity contribution in [1.82, 2.24) is 4.98 Å². The van der Waals surface area contributed by atoms with Crippen LogP contribution in [0.3, 0.4) is 0 Å². The Kier molecular flexibility index (Phi) is 6.18. The van der Waals surface area contributed by atoms with Gasteiger partial charge in [-0.05, 0) is 55.2 Å². The Labute approximate surface area is 197 Å². The van der Waals surface area contributed by atoms with Gasteiger partial charge in [0.15, 0.2) is 5.13 Å². The van der Waals surface area contributed by atoms with Crippen molar-refractivity contribution in [2.24, 2.45) is 0 Å². The van der Waals surface area contributed by atoms with Crippen LogP contribution in [0.2, 0.25) is 0 Å². The van der Waals surface area contributed by atoms with Crippen LogP contribution in [0.1, 0.15) is 24.8 Å². The van der Waals surface area contributed by atoms with Gasteiger partial charge >= 0.3 is 0 Å². The summed E-state index contributed by atoms with van der Waals surface area (Å²) in [6.45, 7) is 1.70. The second kappa shape index (κ2) is 9.24. The summed E-state index contributed by atoms with van der Waals surface area (Å²) in [5.74, 6) is 0.0332. The van der Waals surface area contributed by atoms with E-state index in [4.69, 9.17) is 4.74 Å². The van der Waals surface area contributed by atoms with Gasteiger partial charge in [-0.3, -0.25) is 14.0 Å². The van der Waals surface area contributed by atoms with Crippen LogP contribution in [-0.4, -0.2) is 50.9 Å². The van der Waals surface area contributed by atoms with Gasteiger partial charge in [0.2, 0.25) is 10.0 Å². The first-order chi connectivity index (χ1) is 16.0. The number of rotatable bonds is 6. The summed E-state index contributed by atoms with van der Waals surface area (Å²) in [5, 5.41) is 0.663. The summed E-state index contributed by atoms with van der Waals surface area (Å²) >= 11 is 1.50. The molecule has 2 aromatic carbocycles. The predicted octanol–water partition coefficient (Wildman–Crippen LogP) is 4.06. The van der Waals surface area contributed by atoms with E-state index in [0.29, 0.717) is 30.3 Å². The number of nitrogens with zero attached hydrogens (tertiary/aromatic N) is 3. The zero-order chi connectivity index (χ0) is 22.8. The van der Waals surface area contributed by atoms with Crippen molar-refractivity contribution in [3.8, 4) is 0 Å². The number of thiazole rings is 1. The largest absolute Gasteiger partial charge is 0.376 e. The second-order valence-electron chi connectivity index (χ2n) is 8.21. The van der Waals surface area contributed by atoms with E-state index in [1.165, 1.54) is 15.6 Å². The van der Waals surface area contributed by atoms with Crippen molar-refractivity contribution < 1.29 is 17.9 Å². The van der Waals surface area contributed by atoms with E-state index in [-0.39, 0.29) is 17.8 Å². The maximum absolute atomic E-state index is 13.2. The van der Waals surface area contributed by atoms with E-state index in [1.807, 2.05) is 36.4 Å². The van der Waals surface area contributed by atoms with Crippen LogP contribution < -0.4 is 9.21 Å². The number of para-hydroxylation sites is 1. The van der Waals surface area contributed by atoms with Crippen LogP contribution in [-0.2, 0) is 19.6 Å². The molecule has 1 unspecified atom stereocenters. The molecular formula is C24H25N3O4S2. The van der Waals surface area contributed by atoms with E-state index in [2.05, 4.69) is 4.98 Å². The first-order valence-corrected chi connectivity index (χ1v) is 13.5. The zero-order valence-electron chi connectivity index (χ0n) is 18.1. The molecule has 2 saturated heterocycles. The number of ether oxygens (including phenoxy) is 1. The molecule has 9 heteroatoms. The van der Waals surface area contributed by atoms with Crippen LogP contribution in [0, 0.1) is 0 Å². The van der Waals surface area contributed by atoms with Gasteiger partial charge in [0.1, 0.15) is 0 Å². The van der Waals surface area contributed by atoms with Gasteiger partial charge in [0.25, 0.3) is 5.91 Å². The maximum Gasteiger partial charge on any atom is 0.252 e. The summed E-state index contributed by atoms with van der Waals surface area (Å²) in [5.41, 5.74) is 2.36. The van der Waals surface area contributed by atoms with Crippen molar-refractivity contribution in [2.75, 3.05) is 34.7 Å². The van der Waals surface area contributed by atoms with Crippen LogP contribution in [0.15, 0.2) is 54.6 Å². The minimum Gasteiger partial charge on any atom is -0.376 e. The lowest BCUT2D eigenvalue weighted by Crippen LogP contribution is -2.36. The Hall–Kier alpha value is -2.75. The highest BCUT2D eigenvalue weighted by Crippen LogP contribution is 2.30. The lowest BCUT2D eigenvalue weighted by molar-refractivity contribution is -0.114. The fourth-order valence-electron chi connectivity index (χ4n) is 4.17. The van der Waals surface area contributed by atoms with Crippen LogP contribution in [0.5, 0.6) is 0 Å². The third kappa shape index (κ3) is 4.80. The molecule has 0 bridgehead atoms. The zero-order valence-corrected chi connectivity index (χ0v) is 19.7. The maximum atomic E-state index is 13.2. The highest BCUT2D eigenvalue weighted by atomic mass is 32.2. The molecule has 1 amide bonds. The molecular weight excluding hydrogens is 458 g/mol. The lowest BCUT2D eigenvalue weighted by Gasteiger charge is -2.21. The average Bonchev–Trinajstić information content (AvgIpc) is 3.55. The molecule has 0 N–H and O–H groups in total. The quantitative estimate of drug-likeness (QED) is 0.494. The average molecular weight is 484 g/mol. The fraction of sp³-hybridized carbons (Fsp3) is 0.333. The van der Waals surface area contributed by atoms with Gasteiger partial charge in [-0.2, -0.15) is 0 Å². The van der Waals surface area contributed by atoms with Crippen molar-refractivity contribution in [2.45, 2.75) is 25.4 Å². The van der Waals surface area contributed by atoms with Crippen LogP contribution in [0.4, 0.5) is 10.8 Å². The number of fused-ring (bicyclic) bond motifs is 1. The monoisotopic (exact) mass is 483 g/mol. The van der Waals surface area contributed by atoms with E-state index in [0.717, 1.165) is 35.2 Å². The molecule has 2 fully saturated rings. The second-order valence-corrected chi connectivity index (χ2v) is 11.2. The number of hydrogen-bond acceptors (Lipinski definition) is 6. The van der Waals surface area contributed by atoms with Crippen molar-refractivity contribution >= 4 is 54.4 Å². The number of sulfonamides is 1. The molecule has 172 valence electrons. The fourth-order valence-corrected chi connectivity index (χ4v) is 6.71. The summed E-state index contributed by atoms with van der Waals surface area (Å²) in [7, 11) is -3.21. The molecule has 5 rings (SSSR count). The molecule has 0 saturated carbocycles. The Bertz CT molecular complexity index is 1250. The van der Waals surface area contributed by atoms with Crippen molar-refractivity contribution in [1.29, 1.82) is 0 Å². The molecule has 3 heterocycles. The number of carbonyl (C=O) groups is 1. The number of carbonyl (C=O) groups excluding carboxylic acids is 1. The van der Waals surface area contributed by atoms with Crippen molar-refractivity contribution in [3.05, 3.63) is 60.2 Å². The number of anilines is 2. The van der Waals surface area contributed by atoms with Gasteiger partial charge in [-0.25, -0.2) is 13.4 Å². The number of benzene rings is 2. The molecule has 1 aromatic heterocycles. The Morgan fingerprint density at radius 1 is 1.18 bits per heavy atom. The standard InChI is InChI=1S/C24H25N3O4S2/c28-23(13-10-18-8-11-19(12-9-18)27-14-4-16-33(27,29)30)26(17-20-5-3-15-31-20)24-25-21-6-1-2-7-22(21)32-24/h1-2,6-13,20H,3-5,14-17H2/b13-10+. The van der Waals surface area contributed by atoms with Gasteiger partial charge in [0, 0.05) is 19.2 Å². The summed E-state index contributed by atoms with van der Waals surface area (Å²) in [4.78, 5) is 19.6. The number of aromatic nitrogens is 1. The van der Waals surface area contributed by atoms with Crippen LogP contribution >= 0.6 is 11.3 Å². The molecule has 0 aliphatic carbocycles. The first-order valence-electron chi connectivity index (χ1n) is 11.1. The SMILES string of the molecule is O=C(/C=C/c1ccc(N2CCCS2(=O)=O)cc1)N(CC1CCCO1)c1nc2ccccc2s1. The topological polar surface area (TPSA) is 79.8 Å². The minimum atomic E-state index is -3.21. The molecule has 1 atom stereocenters. The third-order valence-corrected chi connectivity index (χ3v) is 8.82. The van der Waals surface area contributed by atoms with Gasteiger partial charge < -0.3 is 4.74 Å². The summed E-state index contributed by atoms with van der Waals surface area (Å²) in [6.07, 6.45) is 5.88. The third-order valence-electron chi connectivity index (χ3n) is 5.89. The smallest absolute Gasteiger partial charge is 0.252 e. The summed E-state index contributed by atoms with van der Waals surface area (Å²) < 4.78 is 32.5. The predicted molar refractivity (Wildman–Crippen MR) is 132 cm³/mol. The van der Waals surface area contributed by atoms with E-state index in [9.17, 15) is 13.2 Å². The van der Waals surface area contributed by atoms with Crippen molar-refractivity contribution in [3.63, 3.8) is 0 Å². The first kappa shape index (κ1) is 22.1. The molecule has 3 aromatic rings. The Balaban J connectivity index is 1.35. The minimum absolute atomic E-state index is 0.0102. The molecule has 2 aliphatic heterocycles.